The Labute approximate surface area is 79.2 Å². The van der Waals surface area contributed by atoms with E-state index < -0.39 is 0 Å². The summed E-state index contributed by atoms with van der Waals surface area (Å²) in [6, 6.07) is 2.83. The highest BCUT2D eigenvalue weighted by Crippen LogP contribution is 2.20. The SMILES string of the molecule is CC.CCc1cc(O)c(C)cc1F. The first-order valence-corrected chi connectivity index (χ1v) is 4.63. The van der Waals surface area contributed by atoms with Crippen LogP contribution in [0, 0.1) is 12.7 Å². The predicted octanol–water partition coefficient (Wildman–Crippen LogP) is 3.43. The topological polar surface area (TPSA) is 20.2 Å². The Kier molecular flexibility index (Phi) is 5.12. The molecule has 1 nitrogen and oxygen atoms in total. The molecule has 0 spiro atoms. The summed E-state index contributed by atoms with van der Waals surface area (Å²) >= 11 is 0. The first-order valence-electron chi connectivity index (χ1n) is 4.63. The van der Waals surface area contributed by atoms with Gasteiger partial charge in [0, 0.05) is 0 Å². The molecule has 1 N–H and O–H groups in total. The molecule has 1 aromatic carbocycles. The fraction of sp³-hybridized carbons (Fsp3) is 0.455. The summed E-state index contributed by atoms with van der Waals surface area (Å²) < 4.78 is 12.9. The van der Waals surface area contributed by atoms with Gasteiger partial charge in [-0.05, 0) is 36.6 Å². The Morgan fingerprint density at radius 2 is 1.85 bits per heavy atom. The molecular weight excluding hydrogens is 167 g/mol. The van der Waals surface area contributed by atoms with Gasteiger partial charge in [0.15, 0.2) is 0 Å². The van der Waals surface area contributed by atoms with Crippen LogP contribution in [0.25, 0.3) is 0 Å². The molecule has 0 saturated carbocycles. The van der Waals surface area contributed by atoms with E-state index in [1.807, 2.05) is 20.8 Å². The lowest BCUT2D eigenvalue weighted by molar-refractivity contribution is 0.467. The Bertz CT molecular complexity index is 269. The number of phenolic OH excluding ortho intramolecular Hbond substituents is 1. The van der Waals surface area contributed by atoms with Crippen molar-refractivity contribution in [1.29, 1.82) is 0 Å². The molecule has 0 amide bonds. The van der Waals surface area contributed by atoms with Gasteiger partial charge in [0.2, 0.25) is 0 Å². The summed E-state index contributed by atoms with van der Waals surface area (Å²) in [5.41, 5.74) is 1.15. The molecule has 74 valence electrons. The van der Waals surface area contributed by atoms with E-state index in [0.29, 0.717) is 17.5 Å². The zero-order valence-electron chi connectivity index (χ0n) is 8.69. The highest BCUT2D eigenvalue weighted by Gasteiger charge is 2.03. The van der Waals surface area contributed by atoms with Gasteiger partial charge in [-0.25, -0.2) is 4.39 Å². The average molecular weight is 184 g/mol. The lowest BCUT2D eigenvalue weighted by Gasteiger charge is -2.02. The normalized spacial score (nSPS) is 9.00. The summed E-state index contributed by atoms with van der Waals surface area (Å²) in [6.45, 7) is 7.53. The second kappa shape index (κ2) is 5.57. The van der Waals surface area contributed by atoms with Gasteiger partial charge in [-0.3, -0.25) is 0 Å². The lowest BCUT2D eigenvalue weighted by atomic mass is 10.1. The van der Waals surface area contributed by atoms with Crippen molar-refractivity contribution >= 4 is 0 Å². The van der Waals surface area contributed by atoms with Crippen LogP contribution >= 0.6 is 0 Å². The predicted molar refractivity (Wildman–Crippen MR) is 53.5 cm³/mol. The van der Waals surface area contributed by atoms with Gasteiger partial charge in [0.25, 0.3) is 0 Å². The van der Waals surface area contributed by atoms with Crippen LogP contribution in [0.15, 0.2) is 12.1 Å². The number of hydrogen-bond donors (Lipinski definition) is 1. The minimum absolute atomic E-state index is 0.170. The van der Waals surface area contributed by atoms with Crippen LogP contribution in [0.3, 0.4) is 0 Å². The number of rotatable bonds is 1. The summed E-state index contributed by atoms with van der Waals surface area (Å²) in [6.07, 6.45) is 0.611. The van der Waals surface area contributed by atoms with Crippen LogP contribution in [-0.4, -0.2) is 5.11 Å². The third-order valence-electron chi connectivity index (χ3n) is 1.75. The minimum atomic E-state index is -0.234. The molecule has 0 aliphatic carbocycles. The Morgan fingerprint density at radius 3 is 2.31 bits per heavy atom. The van der Waals surface area contributed by atoms with E-state index in [1.165, 1.54) is 12.1 Å². The maximum Gasteiger partial charge on any atom is 0.126 e. The van der Waals surface area contributed by atoms with Gasteiger partial charge < -0.3 is 5.11 Å². The standard InChI is InChI=1S/C9H11FO.C2H6/c1-3-7-5-9(11)6(2)4-8(7)10;1-2/h4-5,11H,3H2,1-2H3;1-2H3. The van der Waals surface area contributed by atoms with Crippen molar-refractivity contribution in [3.05, 3.63) is 29.1 Å². The van der Waals surface area contributed by atoms with Crippen molar-refractivity contribution in [1.82, 2.24) is 0 Å². The zero-order valence-corrected chi connectivity index (χ0v) is 8.69. The average Bonchev–Trinajstić information content (AvgIpc) is 2.15. The molecule has 0 radical (unpaired) electrons. The molecule has 1 rings (SSSR count). The van der Waals surface area contributed by atoms with Crippen LogP contribution in [0.4, 0.5) is 4.39 Å². The molecule has 0 saturated heterocycles. The Morgan fingerprint density at radius 1 is 1.31 bits per heavy atom. The van der Waals surface area contributed by atoms with Crippen molar-refractivity contribution in [3.63, 3.8) is 0 Å². The van der Waals surface area contributed by atoms with Crippen LogP contribution in [-0.2, 0) is 6.42 Å². The maximum absolute atomic E-state index is 12.9. The fourth-order valence-corrected chi connectivity index (χ4v) is 0.975. The maximum atomic E-state index is 12.9. The van der Waals surface area contributed by atoms with E-state index >= 15 is 0 Å². The van der Waals surface area contributed by atoms with E-state index in [9.17, 15) is 9.50 Å². The van der Waals surface area contributed by atoms with E-state index in [1.54, 1.807) is 6.92 Å². The largest absolute Gasteiger partial charge is 0.508 e. The smallest absolute Gasteiger partial charge is 0.126 e. The van der Waals surface area contributed by atoms with Crippen molar-refractivity contribution in [2.24, 2.45) is 0 Å². The molecule has 0 fully saturated rings. The third kappa shape index (κ3) is 3.05. The minimum Gasteiger partial charge on any atom is -0.508 e. The van der Waals surface area contributed by atoms with Gasteiger partial charge >= 0.3 is 0 Å². The van der Waals surface area contributed by atoms with E-state index in [4.69, 9.17) is 0 Å². The van der Waals surface area contributed by atoms with Crippen LogP contribution in [0.5, 0.6) is 5.75 Å². The van der Waals surface area contributed by atoms with Crippen LogP contribution in [0.1, 0.15) is 31.9 Å². The van der Waals surface area contributed by atoms with Gasteiger partial charge in [-0.2, -0.15) is 0 Å². The molecule has 13 heavy (non-hydrogen) atoms. The van der Waals surface area contributed by atoms with Crippen molar-refractivity contribution < 1.29 is 9.50 Å². The molecule has 0 bridgehead atoms. The molecule has 0 heterocycles. The van der Waals surface area contributed by atoms with Crippen LogP contribution < -0.4 is 0 Å². The molecule has 0 unspecified atom stereocenters. The number of benzene rings is 1. The molecular formula is C11H17FO. The van der Waals surface area contributed by atoms with Gasteiger partial charge in [0.05, 0.1) is 0 Å². The Balaban J connectivity index is 0.000000671. The van der Waals surface area contributed by atoms with E-state index in [-0.39, 0.29) is 11.6 Å². The third-order valence-corrected chi connectivity index (χ3v) is 1.75. The number of phenols is 1. The summed E-state index contributed by atoms with van der Waals surface area (Å²) in [5.74, 6) is -0.0638. The summed E-state index contributed by atoms with van der Waals surface area (Å²) in [7, 11) is 0. The molecule has 1 aromatic rings. The van der Waals surface area contributed by atoms with Crippen molar-refractivity contribution in [3.8, 4) is 5.75 Å². The first-order chi connectivity index (χ1) is 6.15. The molecule has 2 heteroatoms. The first kappa shape index (κ1) is 11.9. The van der Waals surface area contributed by atoms with Crippen molar-refractivity contribution in [2.45, 2.75) is 34.1 Å². The van der Waals surface area contributed by atoms with Crippen molar-refractivity contribution in [2.75, 3.05) is 0 Å². The highest BCUT2D eigenvalue weighted by molar-refractivity contribution is 5.36. The van der Waals surface area contributed by atoms with Gasteiger partial charge in [0.1, 0.15) is 11.6 Å². The molecule has 0 atom stereocenters. The van der Waals surface area contributed by atoms with E-state index in [0.717, 1.165) is 0 Å². The second-order valence-corrected chi connectivity index (χ2v) is 2.58. The number of aryl methyl sites for hydroxylation is 2. The summed E-state index contributed by atoms with van der Waals surface area (Å²) in [5, 5.41) is 9.19. The second-order valence-electron chi connectivity index (χ2n) is 2.58. The quantitative estimate of drug-likeness (QED) is 0.709. The molecule has 0 aliphatic heterocycles. The number of hydrogen-bond acceptors (Lipinski definition) is 1. The number of halogens is 1. The van der Waals surface area contributed by atoms with Gasteiger partial charge in [-0.1, -0.05) is 20.8 Å². The van der Waals surface area contributed by atoms with Crippen LogP contribution in [0.2, 0.25) is 0 Å². The molecule has 0 aromatic heterocycles. The van der Waals surface area contributed by atoms with Gasteiger partial charge in [-0.15, -0.1) is 0 Å². The number of aromatic hydroxyl groups is 1. The Hall–Kier alpha value is -1.05. The monoisotopic (exact) mass is 184 g/mol. The summed E-state index contributed by atoms with van der Waals surface area (Å²) in [4.78, 5) is 0. The van der Waals surface area contributed by atoms with E-state index in [2.05, 4.69) is 0 Å². The fourth-order valence-electron chi connectivity index (χ4n) is 0.975. The lowest BCUT2D eigenvalue weighted by Crippen LogP contribution is -1.88. The highest BCUT2D eigenvalue weighted by atomic mass is 19.1. The zero-order chi connectivity index (χ0) is 10.4. The molecule has 0 aliphatic rings.